The van der Waals surface area contributed by atoms with Gasteiger partial charge in [-0.05, 0) is 6.42 Å². The van der Waals surface area contributed by atoms with Crippen molar-refractivity contribution >= 4 is 30.7 Å². The molecule has 4 heteroatoms. The van der Waals surface area contributed by atoms with Crippen molar-refractivity contribution in [3.63, 3.8) is 0 Å². The molecule has 2 unspecified atom stereocenters. The first-order valence-electron chi connectivity index (χ1n) is 3.94. The van der Waals surface area contributed by atoms with E-state index in [-0.39, 0.29) is 4.75 Å². The Kier molecular flexibility index (Phi) is 5.29. The predicted molar refractivity (Wildman–Crippen MR) is 58.8 cm³/mol. The van der Waals surface area contributed by atoms with E-state index < -0.39 is 5.37 Å². The highest BCUT2D eigenvalue weighted by atomic mass is 32.2. The minimum Gasteiger partial charge on any atom is -0.313 e. The van der Waals surface area contributed by atoms with E-state index in [2.05, 4.69) is 33.4 Å². The van der Waals surface area contributed by atoms with Crippen molar-refractivity contribution in [1.29, 1.82) is 0 Å². The zero-order valence-electron chi connectivity index (χ0n) is 7.78. The average Bonchev–Trinajstić information content (AvgIpc) is 1.82. The largest absolute Gasteiger partial charge is 0.313 e. The number of rotatable bonds is 5. The Morgan fingerprint density at radius 2 is 2.17 bits per heavy atom. The Hall–Kier alpha value is 0.330. The van der Waals surface area contributed by atoms with Crippen LogP contribution in [0.1, 0.15) is 27.2 Å². The smallest absolute Gasteiger partial charge is 0.146 e. The minimum atomic E-state index is -0.393. The van der Waals surface area contributed by atoms with Gasteiger partial charge in [0.05, 0.1) is 0 Å². The van der Waals surface area contributed by atoms with Crippen LogP contribution in [0.3, 0.4) is 0 Å². The Bertz CT molecular complexity index is 144. The number of hydrogen-bond acceptors (Lipinski definition) is 4. The molecule has 0 fully saturated rings. The highest BCUT2D eigenvalue weighted by molar-refractivity contribution is 8.01. The van der Waals surface area contributed by atoms with E-state index in [1.807, 2.05) is 0 Å². The van der Waals surface area contributed by atoms with Crippen molar-refractivity contribution in [2.24, 2.45) is 5.73 Å². The summed E-state index contributed by atoms with van der Waals surface area (Å²) >= 11 is 5.89. The number of nitrogens with two attached hydrogens (primary N) is 1. The Balaban J connectivity index is 3.74. The second-order valence-electron chi connectivity index (χ2n) is 3.56. The molecule has 0 aliphatic rings. The molecule has 2 N–H and O–H groups in total. The molecule has 0 aromatic carbocycles. The molecule has 0 radical (unpaired) electrons. The summed E-state index contributed by atoms with van der Waals surface area (Å²) in [5.41, 5.74) is 5.46. The summed E-state index contributed by atoms with van der Waals surface area (Å²) < 4.78 is 0.00895. The minimum absolute atomic E-state index is 0.00895. The molecule has 0 bridgehead atoms. The molecule has 72 valence electrons. The van der Waals surface area contributed by atoms with Gasteiger partial charge >= 0.3 is 0 Å². The Labute approximate surface area is 84.1 Å². The van der Waals surface area contributed by atoms with Crippen LogP contribution < -0.4 is 5.73 Å². The van der Waals surface area contributed by atoms with E-state index in [4.69, 9.17) is 5.73 Å². The third kappa shape index (κ3) is 7.00. The molecule has 0 aliphatic carbocycles. The topological polar surface area (TPSA) is 43.1 Å². The maximum absolute atomic E-state index is 10.2. The fraction of sp³-hybridized carbons (Fsp3) is 0.875. The van der Waals surface area contributed by atoms with Gasteiger partial charge in [0.15, 0.2) is 0 Å². The van der Waals surface area contributed by atoms with Crippen LogP contribution in [-0.2, 0) is 4.79 Å². The molecule has 0 heterocycles. The molecule has 0 amide bonds. The van der Waals surface area contributed by atoms with Gasteiger partial charge in [-0.2, -0.15) is 12.6 Å². The molecule has 12 heavy (non-hydrogen) atoms. The first-order chi connectivity index (χ1) is 5.35. The number of aldehydes is 1. The maximum atomic E-state index is 10.2. The lowest BCUT2D eigenvalue weighted by atomic mass is 10.1. The highest BCUT2D eigenvalue weighted by Crippen LogP contribution is 2.26. The quantitative estimate of drug-likeness (QED) is 0.409. The van der Waals surface area contributed by atoms with Crippen LogP contribution in [0, 0.1) is 0 Å². The summed E-state index contributed by atoms with van der Waals surface area (Å²) in [5.74, 6) is 0. The summed E-state index contributed by atoms with van der Waals surface area (Å²) in [6, 6.07) is 0. The molecule has 2 nitrogen and oxygen atoms in total. The molecule has 0 saturated heterocycles. The molecule has 0 aromatic rings. The van der Waals surface area contributed by atoms with E-state index in [1.54, 1.807) is 0 Å². The fourth-order valence-corrected chi connectivity index (χ4v) is 2.56. The molecule has 2 atom stereocenters. The van der Waals surface area contributed by atoms with Crippen LogP contribution in [0.15, 0.2) is 0 Å². The van der Waals surface area contributed by atoms with E-state index in [1.165, 1.54) is 11.8 Å². The van der Waals surface area contributed by atoms with Crippen molar-refractivity contribution in [2.45, 2.75) is 42.6 Å². The number of thioether (sulfide) groups is 1. The Morgan fingerprint density at radius 1 is 1.67 bits per heavy atom. The first-order valence-corrected chi connectivity index (χ1v) is 5.33. The normalized spacial score (nSPS) is 17.1. The zero-order chi connectivity index (χ0) is 9.78. The van der Waals surface area contributed by atoms with E-state index in [9.17, 15) is 4.79 Å². The summed E-state index contributed by atoms with van der Waals surface area (Å²) in [6.45, 7) is 6.17. The van der Waals surface area contributed by atoms with Gasteiger partial charge < -0.3 is 10.5 Å². The van der Waals surface area contributed by atoms with Gasteiger partial charge in [-0.1, -0.05) is 20.8 Å². The van der Waals surface area contributed by atoms with Crippen molar-refractivity contribution in [3.05, 3.63) is 0 Å². The summed E-state index contributed by atoms with van der Waals surface area (Å²) in [4.78, 5) is 10.2. The van der Waals surface area contributed by atoms with Gasteiger partial charge in [0.25, 0.3) is 0 Å². The molecule has 0 rings (SSSR count). The Morgan fingerprint density at radius 3 is 2.50 bits per heavy atom. The van der Waals surface area contributed by atoms with Crippen molar-refractivity contribution < 1.29 is 4.79 Å². The SMILES string of the molecule is CC(CC(C)(C)S)SC(N)C=O. The third-order valence-corrected chi connectivity index (χ3v) is 2.55. The predicted octanol–water partition coefficient (Wildman–Crippen LogP) is 1.69. The lowest BCUT2D eigenvalue weighted by molar-refractivity contribution is -0.107. The van der Waals surface area contributed by atoms with Crippen LogP contribution in [0.5, 0.6) is 0 Å². The van der Waals surface area contributed by atoms with E-state index in [0.717, 1.165) is 12.7 Å². The van der Waals surface area contributed by atoms with Gasteiger partial charge in [-0.25, -0.2) is 0 Å². The molecule has 0 aliphatic heterocycles. The second-order valence-corrected chi connectivity index (χ2v) is 6.40. The lowest BCUT2D eigenvalue weighted by Gasteiger charge is -2.22. The maximum Gasteiger partial charge on any atom is 0.146 e. The molecule has 0 saturated carbocycles. The fourth-order valence-electron chi connectivity index (χ4n) is 1.05. The first kappa shape index (κ1) is 12.3. The van der Waals surface area contributed by atoms with Crippen LogP contribution in [0.25, 0.3) is 0 Å². The number of hydrogen-bond donors (Lipinski definition) is 2. The second kappa shape index (κ2) is 5.14. The number of carbonyl (C=O) groups excluding carboxylic acids is 1. The average molecular weight is 207 g/mol. The lowest BCUT2D eigenvalue weighted by Crippen LogP contribution is -2.23. The highest BCUT2D eigenvalue weighted by Gasteiger charge is 2.18. The van der Waals surface area contributed by atoms with Gasteiger partial charge in [0, 0.05) is 10.00 Å². The standard InChI is InChI=1S/C8H17NOS2/c1-6(4-8(2,3)11)12-7(9)5-10/h5-7,11H,4,9H2,1-3H3. The van der Waals surface area contributed by atoms with E-state index >= 15 is 0 Å². The monoisotopic (exact) mass is 207 g/mol. The molecular formula is C8H17NOS2. The van der Waals surface area contributed by atoms with Gasteiger partial charge in [-0.15, -0.1) is 11.8 Å². The third-order valence-electron chi connectivity index (χ3n) is 1.31. The van der Waals surface area contributed by atoms with Crippen LogP contribution in [0.4, 0.5) is 0 Å². The number of carbonyl (C=O) groups is 1. The van der Waals surface area contributed by atoms with Crippen LogP contribution in [-0.4, -0.2) is 21.7 Å². The number of thiol groups is 1. The van der Waals surface area contributed by atoms with Gasteiger partial charge in [0.2, 0.25) is 0 Å². The summed E-state index contributed by atoms with van der Waals surface area (Å²) in [5, 5.41) is -0.0200. The summed E-state index contributed by atoms with van der Waals surface area (Å²) in [6.07, 6.45) is 1.72. The zero-order valence-corrected chi connectivity index (χ0v) is 9.49. The van der Waals surface area contributed by atoms with Crippen molar-refractivity contribution in [2.75, 3.05) is 0 Å². The molecular weight excluding hydrogens is 190 g/mol. The summed E-state index contributed by atoms with van der Waals surface area (Å²) in [7, 11) is 0. The molecule has 0 aromatic heterocycles. The van der Waals surface area contributed by atoms with E-state index in [0.29, 0.717) is 5.25 Å². The van der Waals surface area contributed by atoms with Crippen LogP contribution in [0.2, 0.25) is 0 Å². The van der Waals surface area contributed by atoms with Gasteiger partial charge in [-0.3, -0.25) is 0 Å². The van der Waals surface area contributed by atoms with Gasteiger partial charge in [0.1, 0.15) is 11.7 Å². The molecule has 0 spiro atoms. The van der Waals surface area contributed by atoms with Crippen molar-refractivity contribution in [1.82, 2.24) is 0 Å². The van der Waals surface area contributed by atoms with Crippen molar-refractivity contribution in [3.8, 4) is 0 Å². The van der Waals surface area contributed by atoms with Crippen LogP contribution >= 0.6 is 24.4 Å².